The van der Waals surface area contributed by atoms with E-state index in [9.17, 15) is 0 Å². The van der Waals surface area contributed by atoms with Crippen molar-refractivity contribution in [1.29, 1.82) is 0 Å². The quantitative estimate of drug-likeness (QED) is 0.443. The molecule has 0 fully saturated rings. The second-order valence-corrected chi connectivity index (χ2v) is 9.51. The van der Waals surface area contributed by atoms with Crippen LogP contribution in [-0.2, 0) is 24.2 Å². The monoisotopic (exact) mass is 431 g/mol. The van der Waals surface area contributed by atoms with E-state index < -0.39 is 0 Å². The summed E-state index contributed by atoms with van der Waals surface area (Å²) in [7, 11) is 0. The minimum atomic E-state index is -0.175. The molecule has 1 aromatic carbocycles. The number of aromatic amines is 1. The summed E-state index contributed by atoms with van der Waals surface area (Å²) in [5.74, 6) is 0.852. The molecule has 1 aliphatic heterocycles. The van der Waals surface area contributed by atoms with Crippen LogP contribution in [0.5, 0.6) is 0 Å². The summed E-state index contributed by atoms with van der Waals surface area (Å²) in [6.07, 6.45) is 3.30. The fourth-order valence-corrected chi connectivity index (χ4v) is 5.18. The number of benzene rings is 1. The first-order chi connectivity index (χ1) is 15.1. The lowest BCUT2D eigenvalue weighted by Crippen LogP contribution is -2.32. The van der Waals surface area contributed by atoms with E-state index in [1.165, 1.54) is 5.56 Å². The fourth-order valence-electron chi connectivity index (χ4n) is 4.08. The first kappa shape index (κ1) is 18.6. The summed E-state index contributed by atoms with van der Waals surface area (Å²) in [6, 6.07) is 8.36. The number of rotatable bonds is 4. The molecule has 4 aromatic heterocycles. The highest BCUT2D eigenvalue weighted by Crippen LogP contribution is 2.37. The topological polar surface area (TPSA) is 102 Å². The van der Waals surface area contributed by atoms with Crippen LogP contribution in [0.4, 0.5) is 5.82 Å². The van der Waals surface area contributed by atoms with Crippen molar-refractivity contribution in [2.45, 2.75) is 38.9 Å². The zero-order valence-corrected chi connectivity index (χ0v) is 18.1. The van der Waals surface area contributed by atoms with Crippen LogP contribution in [0.15, 0.2) is 30.6 Å². The maximum Gasteiger partial charge on any atom is 0.147 e. The lowest BCUT2D eigenvalue weighted by molar-refractivity contribution is -0.0411. The Labute approximate surface area is 182 Å². The van der Waals surface area contributed by atoms with Gasteiger partial charge in [0.05, 0.1) is 33.6 Å². The number of nitrogens with zero attached hydrogens (tertiary/aromatic N) is 5. The van der Waals surface area contributed by atoms with Crippen molar-refractivity contribution in [3.05, 3.63) is 47.4 Å². The van der Waals surface area contributed by atoms with Crippen LogP contribution < -0.4 is 5.32 Å². The summed E-state index contributed by atoms with van der Waals surface area (Å²) in [4.78, 5) is 15.0. The minimum Gasteiger partial charge on any atom is -0.370 e. The van der Waals surface area contributed by atoms with Crippen molar-refractivity contribution in [3.63, 3.8) is 0 Å². The lowest BCUT2D eigenvalue weighted by atomic mass is 9.95. The lowest BCUT2D eigenvalue weighted by Gasteiger charge is -2.30. The predicted molar refractivity (Wildman–Crippen MR) is 121 cm³/mol. The summed E-state index contributed by atoms with van der Waals surface area (Å²) < 4.78 is 7.02. The number of hydrogen-bond acceptors (Lipinski definition) is 8. The maximum atomic E-state index is 5.98. The smallest absolute Gasteiger partial charge is 0.147 e. The molecule has 0 aliphatic carbocycles. The van der Waals surface area contributed by atoms with Gasteiger partial charge in [-0.05, 0) is 44.0 Å². The molecule has 156 valence electrons. The van der Waals surface area contributed by atoms with Gasteiger partial charge in [-0.15, -0.1) is 16.4 Å². The highest BCUT2D eigenvalue weighted by Gasteiger charge is 2.28. The van der Waals surface area contributed by atoms with E-state index in [0.29, 0.717) is 6.61 Å². The summed E-state index contributed by atoms with van der Waals surface area (Å²) >= 11 is 1.65. The Hall–Kier alpha value is -3.17. The molecule has 0 saturated carbocycles. The van der Waals surface area contributed by atoms with Crippen LogP contribution in [0.1, 0.15) is 30.7 Å². The standard InChI is InChI=1S/C22H21N7OS/c1-22(2)9-17-13(10-30-22)8-14-18-19(31-21(14)26-17)20(25-11-24-18)23-6-5-12-3-4-15-16(7-12)28-29-27-15/h3-4,7-8,11H,5-6,9-10H2,1-2H3,(H,23,24,25)(H,27,28,29). The number of H-pyrrole nitrogens is 1. The molecule has 0 spiro atoms. The number of thiophene rings is 1. The predicted octanol–water partition coefficient (Wildman–Crippen LogP) is 4.02. The molecular formula is C22H21N7OS. The summed E-state index contributed by atoms with van der Waals surface area (Å²) in [5.41, 5.74) is 6.08. The van der Waals surface area contributed by atoms with Gasteiger partial charge in [-0.2, -0.15) is 0 Å². The van der Waals surface area contributed by atoms with E-state index in [0.717, 1.165) is 67.9 Å². The molecule has 0 unspecified atom stereocenters. The number of pyridine rings is 1. The highest BCUT2D eigenvalue weighted by molar-refractivity contribution is 7.25. The Morgan fingerprint density at radius 2 is 2.16 bits per heavy atom. The van der Waals surface area contributed by atoms with Crippen LogP contribution in [0.3, 0.4) is 0 Å². The largest absolute Gasteiger partial charge is 0.370 e. The number of hydrogen-bond donors (Lipinski definition) is 2. The number of fused-ring (bicyclic) bond motifs is 5. The molecule has 1 aliphatic rings. The Kier molecular flexibility index (Phi) is 4.15. The van der Waals surface area contributed by atoms with Crippen molar-refractivity contribution < 1.29 is 4.74 Å². The van der Waals surface area contributed by atoms with Crippen molar-refractivity contribution in [2.75, 3.05) is 11.9 Å². The van der Waals surface area contributed by atoms with Crippen LogP contribution >= 0.6 is 11.3 Å². The van der Waals surface area contributed by atoms with Gasteiger partial charge in [0.2, 0.25) is 0 Å². The molecule has 5 aromatic rings. The van der Waals surface area contributed by atoms with Crippen LogP contribution in [0.2, 0.25) is 0 Å². The molecule has 9 heteroatoms. The van der Waals surface area contributed by atoms with Gasteiger partial charge in [0.25, 0.3) is 0 Å². The van der Waals surface area contributed by atoms with Gasteiger partial charge in [0.1, 0.15) is 22.5 Å². The Bertz CT molecular complexity index is 1440. The van der Waals surface area contributed by atoms with Gasteiger partial charge in [0.15, 0.2) is 0 Å². The maximum absolute atomic E-state index is 5.98. The van der Waals surface area contributed by atoms with Gasteiger partial charge >= 0.3 is 0 Å². The van der Waals surface area contributed by atoms with E-state index in [2.05, 4.69) is 62.7 Å². The number of anilines is 1. The Balaban J connectivity index is 1.29. The highest BCUT2D eigenvalue weighted by atomic mass is 32.1. The molecular weight excluding hydrogens is 410 g/mol. The summed E-state index contributed by atoms with van der Waals surface area (Å²) in [6.45, 7) is 5.57. The van der Waals surface area contributed by atoms with Crippen LogP contribution in [0.25, 0.3) is 31.5 Å². The first-order valence-corrected chi connectivity index (χ1v) is 11.1. The van der Waals surface area contributed by atoms with Crippen molar-refractivity contribution in [1.82, 2.24) is 30.4 Å². The fraction of sp³-hybridized carbons (Fsp3) is 0.318. The zero-order chi connectivity index (χ0) is 21.0. The number of nitrogens with one attached hydrogen (secondary N) is 2. The van der Waals surface area contributed by atoms with Crippen molar-refractivity contribution in [3.8, 4) is 0 Å². The molecule has 31 heavy (non-hydrogen) atoms. The van der Waals surface area contributed by atoms with E-state index in [1.54, 1.807) is 17.7 Å². The van der Waals surface area contributed by atoms with Gasteiger partial charge < -0.3 is 10.1 Å². The SMILES string of the molecule is CC1(C)Cc2nc3sc4c(NCCc5ccc6[nH]nnc6c5)ncnc4c3cc2CO1. The van der Waals surface area contributed by atoms with E-state index in [1.807, 2.05) is 6.07 Å². The molecule has 2 N–H and O–H groups in total. The molecule has 5 heterocycles. The Morgan fingerprint density at radius 1 is 1.23 bits per heavy atom. The number of ether oxygens (including phenoxy) is 1. The second kappa shape index (κ2) is 6.93. The Morgan fingerprint density at radius 3 is 3.10 bits per heavy atom. The average Bonchev–Trinajstić information content (AvgIpc) is 3.36. The van der Waals surface area contributed by atoms with E-state index in [4.69, 9.17) is 9.72 Å². The minimum absolute atomic E-state index is 0.175. The molecule has 6 rings (SSSR count). The summed E-state index contributed by atoms with van der Waals surface area (Å²) in [5, 5.41) is 15.4. The second-order valence-electron chi connectivity index (χ2n) is 8.51. The zero-order valence-electron chi connectivity index (χ0n) is 17.3. The van der Waals surface area contributed by atoms with Crippen LogP contribution in [0, 0.1) is 0 Å². The third-order valence-electron chi connectivity index (χ3n) is 5.72. The number of aromatic nitrogens is 6. The van der Waals surface area contributed by atoms with Gasteiger partial charge in [-0.25, -0.2) is 15.0 Å². The average molecular weight is 432 g/mol. The normalized spacial score (nSPS) is 15.5. The third-order valence-corrected chi connectivity index (χ3v) is 6.82. The van der Waals surface area contributed by atoms with Gasteiger partial charge in [0, 0.05) is 23.9 Å². The molecule has 0 atom stereocenters. The van der Waals surface area contributed by atoms with Crippen molar-refractivity contribution >= 4 is 48.6 Å². The molecule has 8 nitrogen and oxygen atoms in total. The molecule has 0 bridgehead atoms. The van der Waals surface area contributed by atoms with Crippen molar-refractivity contribution in [2.24, 2.45) is 0 Å². The van der Waals surface area contributed by atoms with Crippen LogP contribution in [-0.4, -0.2) is 42.5 Å². The van der Waals surface area contributed by atoms with E-state index >= 15 is 0 Å². The van der Waals surface area contributed by atoms with Gasteiger partial charge in [-0.3, -0.25) is 5.10 Å². The first-order valence-electron chi connectivity index (χ1n) is 10.3. The molecule has 0 saturated heterocycles. The molecule has 0 amide bonds. The van der Waals surface area contributed by atoms with Gasteiger partial charge in [-0.1, -0.05) is 11.3 Å². The van der Waals surface area contributed by atoms with E-state index in [-0.39, 0.29) is 5.60 Å². The third kappa shape index (κ3) is 3.30. The molecule has 0 radical (unpaired) electrons.